The van der Waals surface area contributed by atoms with Crippen molar-refractivity contribution in [3.63, 3.8) is 0 Å². The quantitative estimate of drug-likeness (QED) is 0.733. The lowest BCUT2D eigenvalue weighted by atomic mass is 10.3. The average molecular weight is 309 g/mol. The van der Waals surface area contributed by atoms with Crippen LogP contribution in [0.5, 0.6) is 0 Å². The van der Waals surface area contributed by atoms with Gasteiger partial charge in [0.15, 0.2) is 0 Å². The molecular formula is C16H15N5O2. The summed E-state index contributed by atoms with van der Waals surface area (Å²) in [5.41, 5.74) is 1.41. The Balaban J connectivity index is 1.65. The van der Waals surface area contributed by atoms with Crippen molar-refractivity contribution >= 4 is 5.91 Å². The number of rotatable bonds is 5. The van der Waals surface area contributed by atoms with Crippen LogP contribution in [-0.2, 0) is 6.42 Å². The molecule has 0 unspecified atom stereocenters. The SMILES string of the molecule is O=C(NCCc1cnccn1)c1cc(=O)n(-c2ccccc2)[nH]1. The summed E-state index contributed by atoms with van der Waals surface area (Å²) in [7, 11) is 0. The highest BCUT2D eigenvalue weighted by molar-refractivity contribution is 5.92. The van der Waals surface area contributed by atoms with E-state index in [0.29, 0.717) is 18.7 Å². The number of nitrogens with one attached hydrogen (secondary N) is 2. The van der Waals surface area contributed by atoms with E-state index in [2.05, 4.69) is 20.4 Å². The zero-order valence-electron chi connectivity index (χ0n) is 12.3. The molecule has 3 aromatic rings. The van der Waals surface area contributed by atoms with Gasteiger partial charge in [0.05, 0.1) is 11.4 Å². The van der Waals surface area contributed by atoms with Gasteiger partial charge >= 0.3 is 0 Å². The first-order valence-electron chi connectivity index (χ1n) is 7.14. The zero-order valence-corrected chi connectivity index (χ0v) is 12.3. The maximum Gasteiger partial charge on any atom is 0.271 e. The van der Waals surface area contributed by atoms with E-state index in [1.807, 2.05) is 18.2 Å². The Labute approximate surface area is 132 Å². The van der Waals surface area contributed by atoms with Crippen molar-refractivity contribution in [2.24, 2.45) is 0 Å². The lowest BCUT2D eigenvalue weighted by molar-refractivity contribution is 0.0948. The van der Waals surface area contributed by atoms with Crippen LogP contribution in [0.4, 0.5) is 0 Å². The van der Waals surface area contributed by atoms with Crippen LogP contribution >= 0.6 is 0 Å². The molecule has 1 aromatic carbocycles. The van der Waals surface area contributed by atoms with Crippen molar-refractivity contribution in [3.05, 3.63) is 76.7 Å². The van der Waals surface area contributed by atoms with Gasteiger partial charge in [-0.3, -0.25) is 24.7 Å². The number of carbonyl (C=O) groups is 1. The number of hydrogen-bond acceptors (Lipinski definition) is 4. The van der Waals surface area contributed by atoms with Crippen LogP contribution in [0.3, 0.4) is 0 Å². The maximum atomic E-state index is 12.1. The number of aromatic nitrogens is 4. The lowest BCUT2D eigenvalue weighted by Crippen LogP contribution is -2.26. The summed E-state index contributed by atoms with van der Waals surface area (Å²) in [6, 6.07) is 10.4. The fourth-order valence-electron chi connectivity index (χ4n) is 2.14. The van der Waals surface area contributed by atoms with Gasteiger partial charge in [-0.15, -0.1) is 0 Å². The van der Waals surface area contributed by atoms with Gasteiger partial charge in [0, 0.05) is 37.6 Å². The van der Waals surface area contributed by atoms with Gasteiger partial charge in [-0.05, 0) is 12.1 Å². The van der Waals surface area contributed by atoms with Crippen molar-refractivity contribution in [2.45, 2.75) is 6.42 Å². The number of benzene rings is 1. The van der Waals surface area contributed by atoms with E-state index in [-0.39, 0.29) is 17.2 Å². The molecule has 0 fully saturated rings. The Morgan fingerprint density at radius 1 is 1.22 bits per heavy atom. The number of amides is 1. The van der Waals surface area contributed by atoms with E-state index < -0.39 is 0 Å². The van der Waals surface area contributed by atoms with Crippen LogP contribution in [0.15, 0.2) is 59.8 Å². The van der Waals surface area contributed by atoms with Gasteiger partial charge in [-0.2, -0.15) is 0 Å². The molecule has 3 rings (SSSR count). The number of carbonyl (C=O) groups excluding carboxylic acids is 1. The van der Waals surface area contributed by atoms with Crippen LogP contribution in [0.25, 0.3) is 5.69 Å². The third-order valence-electron chi connectivity index (χ3n) is 3.26. The Hall–Kier alpha value is -3.22. The minimum absolute atomic E-state index is 0.220. The first-order valence-corrected chi connectivity index (χ1v) is 7.14. The second kappa shape index (κ2) is 6.69. The summed E-state index contributed by atoms with van der Waals surface area (Å²) in [6.07, 6.45) is 5.43. The topological polar surface area (TPSA) is 92.7 Å². The molecule has 0 aliphatic heterocycles. The standard InChI is InChI=1S/C16H15N5O2/c22-15-10-14(20-21(15)13-4-2-1-3-5-13)16(23)19-7-6-12-11-17-8-9-18-12/h1-5,8-11,20H,6-7H2,(H,19,23). The molecule has 2 aromatic heterocycles. The molecule has 0 atom stereocenters. The normalized spacial score (nSPS) is 10.4. The highest BCUT2D eigenvalue weighted by Gasteiger charge is 2.11. The molecule has 2 N–H and O–H groups in total. The average Bonchev–Trinajstić information content (AvgIpc) is 2.98. The van der Waals surface area contributed by atoms with E-state index in [1.54, 1.807) is 30.7 Å². The molecule has 2 heterocycles. The fraction of sp³-hybridized carbons (Fsp3) is 0.125. The molecule has 0 saturated heterocycles. The Morgan fingerprint density at radius 3 is 2.78 bits per heavy atom. The van der Waals surface area contributed by atoms with Crippen molar-refractivity contribution in [2.75, 3.05) is 6.54 Å². The highest BCUT2D eigenvalue weighted by Crippen LogP contribution is 2.03. The van der Waals surface area contributed by atoms with Crippen molar-refractivity contribution in [1.82, 2.24) is 25.1 Å². The number of nitrogens with zero attached hydrogens (tertiary/aromatic N) is 3. The maximum absolute atomic E-state index is 12.1. The van der Waals surface area contributed by atoms with Crippen molar-refractivity contribution < 1.29 is 4.79 Å². The molecule has 0 spiro atoms. The summed E-state index contributed by atoms with van der Waals surface area (Å²) in [5, 5.41) is 5.56. The molecule has 7 heteroatoms. The van der Waals surface area contributed by atoms with Crippen LogP contribution in [0.2, 0.25) is 0 Å². The number of hydrogen-bond donors (Lipinski definition) is 2. The summed E-state index contributed by atoms with van der Waals surface area (Å²) >= 11 is 0. The van der Waals surface area contributed by atoms with Crippen LogP contribution in [0, 0.1) is 0 Å². The van der Waals surface area contributed by atoms with E-state index >= 15 is 0 Å². The predicted molar refractivity (Wildman–Crippen MR) is 84.5 cm³/mol. The summed E-state index contributed by atoms with van der Waals surface area (Å²) in [4.78, 5) is 32.2. The minimum atomic E-state index is -0.333. The summed E-state index contributed by atoms with van der Waals surface area (Å²) in [5.74, 6) is -0.333. The number of aromatic amines is 1. The van der Waals surface area contributed by atoms with Crippen molar-refractivity contribution in [1.29, 1.82) is 0 Å². The van der Waals surface area contributed by atoms with Gasteiger partial charge in [0.1, 0.15) is 5.69 Å². The molecule has 0 radical (unpaired) electrons. The predicted octanol–water partition coefficient (Wildman–Crippen LogP) is 0.928. The van der Waals surface area contributed by atoms with Gasteiger partial charge in [0.2, 0.25) is 0 Å². The minimum Gasteiger partial charge on any atom is -0.350 e. The zero-order chi connectivity index (χ0) is 16.1. The second-order valence-corrected chi connectivity index (χ2v) is 4.88. The van der Waals surface area contributed by atoms with Crippen molar-refractivity contribution in [3.8, 4) is 5.69 Å². The van der Waals surface area contributed by atoms with Gasteiger partial charge < -0.3 is 5.32 Å². The fourth-order valence-corrected chi connectivity index (χ4v) is 2.14. The molecule has 0 saturated carbocycles. The van der Waals surface area contributed by atoms with E-state index in [1.165, 1.54) is 10.7 Å². The molecule has 0 bridgehead atoms. The summed E-state index contributed by atoms with van der Waals surface area (Å²) < 4.78 is 1.33. The van der Waals surface area contributed by atoms with Crippen LogP contribution in [0.1, 0.15) is 16.2 Å². The molecule has 116 valence electrons. The largest absolute Gasteiger partial charge is 0.350 e. The van der Waals surface area contributed by atoms with Gasteiger partial charge in [-0.25, -0.2) is 4.68 Å². The molecule has 0 aliphatic rings. The first kappa shape index (κ1) is 14.7. The Morgan fingerprint density at radius 2 is 2.04 bits per heavy atom. The molecule has 0 aliphatic carbocycles. The van der Waals surface area contributed by atoms with E-state index in [9.17, 15) is 9.59 Å². The second-order valence-electron chi connectivity index (χ2n) is 4.88. The van der Waals surface area contributed by atoms with E-state index in [4.69, 9.17) is 0 Å². The van der Waals surface area contributed by atoms with Gasteiger partial charge in [0.25, 0.3) is 11.5 Å². The summed E-state index contributed by atoms with van der Waals surface area (Å²) in [6.45, 7) is 0.413. The Bertz CT molecular complexity index is 840. The molecular weight excluding hydrogens is 294 g/mol. The molecule has 23 heavy (non-hydrogen) atoms. The first-order chi connectivity index (χ1) is 11.2. The van der Waals surface area contributed by atoms with Crippen LogP contribution < -0.4 is 10.9 Å². The molecule has 7 nitrogen and oxygen atoms in total. The van der Waals surface area contributed by atoms with Gasteiger partial charge in [-0.1, -0.05) is 18.2 Å². The highest BCUT2D eigenvalue weighted by atomic mass is 16.2. The molecule has 1 amide bonds. The van der Waals surface area contributed by atoms with E-state index in [0.717, 1.165) is 5.69 Å². The Kier molecular flexibility index (Phi) is 4.28. The smallest absolute Gasteiger partial charge is 0.271 e. The van der Waals surface area contributed by atoms with Crippen LogP contribution in [-0.4, -0.2) is 32.2 Å². The lowest BCUT2D eigenvalue weighted by Gasteiger charge is -2.04. The number of para-hydroxylation sites is 1. The third-order valence-corrected chi connectivity index (χ3v) is 3.26. The third kappa shape index (κ3) is 3.52. The monoisotopic (exact) mass is 309 g/mol. The number of H-pyrrole nitrogens is 1.